The SMILES string of the molecule is [C-]#[N+]c1ccc(NC(=O)[C@](C)(O)CSc2ccccc2)cc1C(F)(F)F. The van der Waals surface area contributed by atoms with Gasteiger partial charge < -0.3 is 10.4 Å². The summed E-state index contributed by atoms with van der Waals surface area (Å²) in [7, 11) is 0. The second-order valence-corrected chi connectivity index (χ2v) is 6.72. The average molecular weight is 380 g/mol. The molecule has 26 heavy (non-hydrogen) atoms. The fraction of sp³-hybridized carbons (Fsp3) is 0.222. The zero-order chi connectivity index (χ0) is 19.4. The minimum atomic E-state index is -4.72. The van der Waals surface area contributed by atoms with Gasteiger partial charge in [0, 0.05) is 16.3 Å². The van der Waals surface area contributed by atoms with Crippen LogP contribution >= 0.6 is 11.8 Å². The Hall–Kier alpha value is -2.50. The minimum absolute atomic E-state index is 0.0229. The number of rotatable bonds is 5. The predicted octanol–water partition coefficient (Wildman–Crippen LogP) is 4.74. The predicted molar refractivity (Wildman–Crippen MR) is 94.1 cm³/mol. The van der Waals surface area contributed by atoms with E-state index in [1.54, 1.807) is 0 Å². The topological polar surface area (TPSA) is 53.7 Å². The number of alkyl halides is 3. The molecular weight excluding hydrogens is 365 g/mol. The Morgan fingerprint density at radius 1 is 1.23 bits per heavy atom. The summed E-state index contributed by atoms with van der Waals surface area (Å²) in [5, 5.41) is 12.6. The third-order valence-corrected chi connectivity index (χ3v) is 4.74. The van der Waals surface area contributed by atoms with E-state index in [4.69, 9.17) is 6.57 Å². The number of carbonyl (C=O) groups is 1. The van der Waals surface area contributed by atoms with E-state index in [1.807, 2.05) is 30.3 Å². The molecule has 0 bridgehead atoms. The molecule has 0 saturated heterocycles. The summed E-state index contributed by atoms with van der Waals surface area (Å²) in [6, 6.07) is 12.0. The van der Waals surface area contributed by atoms with Crippen molar-refractivity contribution < 1.29 is 23.1 Å². The first kappa shape index (κ1) is 19.8. The molecule has 8 heteroatoms. The minimum Gasteiger partial charge on any atom is -0.379 e. The molecule has 2 N–H and O–H groups in total. The molecule has 2 aromatic carbocycles. The van der Waals surface area contributed by atoms with Crippen LogP contribution in [0.25, 0.3) is 4.85 Å². The highest BCUT2D eigenvalue weighted by atomic mass is 32.2. The first-order valence-corrected chi connectivity index (χ1v) is 8.42. The Labute approximate surface area is 152 Å². The molecular formula is C18H15F3N2O2S. The first-order chi connectivity index (χ1) is 12.1. The lowest BCUT2D eigenvalue weighted by molar-refractivity contribution is -0.137. The Kier molecular flexibility index (Phi) is 5.95. The number of nitrogens with one attached hydrogen (secondary N) is 1. The largest absolute Gasteiger partial charge is 0.407 e. The van der Waals surface area contributed by atoms with E-state index in [0.29, 0.717) is 6.07 Å². The van der Waals surface area contributed by atoms with Crippen LogP contribution in [0.15, 0.2) is 53.4 Å². The van der Waals surface area contributed by atoms with Gasteiger partial charge in [0.1, 0.15) is 5.60 Å². The molecule has 2 aromatic rings. The summed E-state index contributed by atoms with van der Waals surface area (Å²) >= 11 is 1.25. The van der Waals surface area contributed by atoms with Gasteiger partial charge in [0.15, 0.2) is 5.69 Å². The molecule has 0 fully saturated rings. The van der Waals surface area contributed by atoms with Crippen molar-refractivity contribution in [3.63, 3.8) is 0 Å². The van der Waals surface area contributed by atoms with E-state index < -0.39 is 28.9 Å². The third kappa shape index (κ3) is 5.00. The van der Waals surface area contributed by atoms with Crippen LogP contribution in [-0.4, -0.2) is 22.4 Å². The van der Waals surface area contributed by atoms with Gasteiger partial charge in [-0.15, -0.1) is 11.8 Å². The number of aliphatic hydroxyl groups is 1. The highest BCUT2D eigenvalue weighted by Crippen LogP contribution is 2.38. The van der Waals surface area contributed by atoms with Gasteiger partial charge >= 0.3 is 6.18 Å². The Morgan fingerprint density at radius 3 is 2.46 bits per heavy atom. The number of amides is 1. The smallest absolute Gasteiger partial charge is 0.379 e. The molecule has 1 amide bonds. The summed E-state index contributed by atoms with van der Waals surface area (Å²) < 4.78 is 39.0. The van der Waals surface area contributed by atoms with E-state index in [2.05, 4.69) is 10.2 Å². The molecule has 2 rings (SSSR count). The van der Waals surface area contributed by atoms with E-state index in [9.17, 15) is 23.1 Å². The lowest BCUT2D eigenvalue weighted by Crippen LogP contribution is -2.42. The molecule has 0 saturated carbocycles. The second kappa shape index (κ2) is 7.81. The highest BCUT2D eigenvalue weighted by molar-refractivity contribution is 7.99. The zero-order valence-electron chi connectivity index (χ0n) is 13.7. The van der Waals surface area contributed by atoms with Crippen LogP contribution in [0, 0.1) is 6.57 Å². The molecule has 0 aromatic heterocycles. The Morgan fingerprint density at radius 2 is 1.88 bits per heavy atom. The molecule has 4 nitrogen and oxygen atoms in total. The number of benzene rings is 2. The summed E-state index contributed by atoms with van der Waals surface area (Å²) in [4.78, 5) is 15.9. The van der Waals surface area contributed by atoms with E-state index in [1.165, 1.54) is 24.8 Å². The highest BCUT2D eigenvalue weighted by Gasteiger charge is 2.35. The van der Waals surface area contributed by atoms with Crippen molar-refractivity contribution >= 4 is 29.0 Å². The van der Waals surface area contributed by atoms with Crippen LogP contribution in [0.5, 0.6) is 0 Å². The fourth-order valence-corrected chi connectivity index (χ4v) is 2.94. The standard InChI is InChI=1S/C18H15F3N2O2S/c1-17(25,11-26-13-6-4-3-5-7-13)16(24)23-12-8-9-15(22-2)14(10-12)18(19,20)21/h3-10,25H,11H2,1H3,(H,23,24)/t17-/m1/s1. The van der Waals surface area contributed by atoms with Crippen molar-refractivity contribution in [2.75, 3.05) is 11.1 Å². The average Bonchev–Trinajstić information content (AvgIpc) is 2.60. The number of carbonyl (C=O) groups excluding carboxylic acids is 1. The zero-order valence-corrected chi connectivity index (χ0v) is 14.5. The number of halogens is 3. The molecule has 136 valence electrons. The molecule has 0 aliphatic rings. The lowest BCUT2D eigenvalue weighted by atomic mass is 10.1. The number of anilines is 1. The van der Waals surface area contributed by atoms with Gasteiger partial charge in [-0.05, 0) is 31.2 Å². The van der Waals surface area contributed by atoms with Gasteiger partial charge in [-0.25, -0.2) is 4.85 Å². The molecule has 0 heterocycles. The number of hydrogen-bond acceptors (Lipinski definition) is 3. The van der Waals surface area contributed by atoms with Crippen molar-refractivity contribution in [3.8, 4) is 0 Å². The van der Waals surface area contributed by atoms with Crippen molar-refractivity contribution in [3.05, 3.63) is 65.5 Å². The maximum atomic E-state index is 13.0. The van der Waals surface area contributed by atoms with Gasteiger partial charge in [0.2, 0.25) is 0 Å². The molecule has 1 atom stereocenters. The first-order valence-electron chi connectivity index (χ1n) is 7.44. The number of nitrogens with zero attached hydrogens (tertiary/aromatic N) is 1. The molecule has 0 aliphatic heterocycles. The van der Waals surface area contributed by atoms with Crippen LogP contribution in [0.1, 0.15) is 12.5 Å². The summed E-state index contributed by atoms with van der Waals surface area (Å²) in [6.45, 7) is 8.10. The van der Waals surface area contributed by atoms with Gasteiger partial charge in [0.05, 0.1) is 12.1 Å². The van der Waals surface area contributed by atoms with Crippen molar-refractivity contribution in [2.24, 2.45) is 0 Å². The summed E-state index contributed by atoms with van der Waals surface area (Å²) in [5.74, 6) is -0.806. The van der Waals surface area contributed by atoms with E-state index in [0.717, 1.165) is 11.0 Å². The van der Waals surface area contributed by atoms with E-state index in [-0.39, 0.29) is 11.4 Å². The van der Waals surface area contributed by atoms with Crippen molar-refractivity contribution in [2.45, 2.75) is 23.6 Å². The third-order valence-electron chi connectivity index (χ3n) is 3.43. The van der Waals surface area contributed by atoms with Gasteiger partial charge in [-0.2, -0.15) is 13.2 Å². The fourth-order valence-electron chi connectivity index (χ4n) is 2.01. The molecule has 0 aliphatic carbocycles. The summed E-state index contributed by atoms with van der Waals surface area (Å²) in [6.07, 6.45) is -4.72. The number of hydrogen-bond donors (Lipinski definition) is 2. The maximum absolute atomic E-state index is 13.0. The van der Waals surface area contributed by atoms with Crippen molar-refractivity contribution in [1.82, 2.24) is 0 Å². The number of thioether (sulfide) groups is 1. The van der Waals surface area contributed by atoms with E-state index >= 15 is 0 Å². The maximum Gasteiger partial charge on any atom is 0.407 e. The molecule has 0 radical (unpaired) electrons. The van der Waals surface area contributed by atoms with Crippen LogP contribution in [0.2, 0.25) is 0 Å². The lowest BCUT2D eigenvalue weighted by Gasteiger charge is -2.22. The van der Waals surface area contributed by atoms with Gasteiger partial charge in [-0.1, -0.05) is 24.3 Å². The van der Waals surface area contributed by atoms with Crippen LogP contribution in [-0.2, 0) is 11.0 Å². The van der Waals surface area contributed by atoms with Crippen LogP contribution in [0.3, 0.4) is 0 Å². The molecule has 0 unspecified atom stereocenters. The van der Waals surface area contributed by atoms with Crippen LogP contribution < -0.4 is 5.32 Å². The van der Waals surface area contributed by atoms with Gasteiger partial charge in [0.25, 0.3) is 5.91 Å². The Bertz CT molecular complexity index is 831. The molecule has 0 spiro atoms. The van der Waals surface area contributed by atoms with Gasteiger partial charge in [-0.3, -0.25) is 4.79 Å². The monoisotopic (exact) mass is 380 g/mol. The second-order valence-electron chi connectivity index (χ2n) is 5.67. The normalized spacial score (nSPS) is 13.5. The Balaban J connectivity index is 2.12. The quantitative estimate of drug-likeness (QED) is 0.582. The van der Waals surface area contributed by atoms with Crippen LogP contribution in [0.4, 0.5) is 24.5 Å². The van der Waals surface area contributed by atoms with Crippen molar-refractivity contribution in [1.29, 1.82) is 0 Å². The summed E-state index contributed by atoms with van der Waals surface area (Å²) in [5.41, 5.74) is -3.62.